The van der Waals surface area contributed by atoms with Crippen LogP contribution >= 0.6 is 0 Å². The molecule has 1 saturated heterocycles. The Labute approximate surface area is 122 Å². The summed E-state index contributed by atoms with van der Waals surface area (Å²) in [5.74, 6) is 0.370. The lowest BCUT2D eigenvalue weighted by Crippen LogP contribution is -2.38. The minimum absolute atomic E-state index is 0.106. The number of likely N-dealkylation sites (tertiary alicyclic amines) is 1. The van der Waals surface area contributed by atoms with Crippen LogP contribution in [0.4, 0.5) is 0 Å². The maximum Gasteiger partial charge on any atom is 0.224 e. The van der Waals surface area contributed by atoms with E-state index in [0.717, 1.165) is 45.4 Å². The number of hydrogen-bond acceptors (Lipinski definition) is 3. The topological polar surface area (TPSA) is 52.6 Å². The first-order chi connectivity index (χ1) is 9.26. The summed E-state index contributed by atoms with van der Waals surface area (Å²) in [5.41, 5.74) is 0.250. The predicted molar refractivity (Wildman–Crippen MR) is 80.4 cm³/mol. The molecule has 0 unspecified atom stereocenters. The summed E-state index contributed by atoms with van der Waals surface area (Å²) >= 11 is 0. The van der Waals surface area contributed by atoms with Gasteiger partial charge in [0.2, 0.25) is 5.91 Å². The molecule has 2 aliphatic rings. The molecule has 0 aromatic carbocycles. The third kappa shape index (κ3) is 3.01. The summed E-state index contributed by atoms with van der Waals surface area (Å²) in [4.78, 5) is 14.6. The third-order valence-corrected chi connectivity index (χ3v) is 5.79. The minimum atomic E-state index is -0.106. The third-order valence-electron chi connectivity index (χ3n) is 5.79. The number of nitrogens with one attached hydrogen (secondary N) is 1. The van der Waals surface area contributed by atoms with Gasteiger partial charge in [0.1, 0.15) is 0 Å². The lowest BCUT2D eigenvalue weighted by molar-refractivity contribution is -0.123. The zero-order valence-electron chi connectivity index (χ0n) is 13.4. The number of carbonyl (C=O) groups excluding carboxylic acids is 1. The van der Waals surface area contributed by atoms with Gasteiger partial charge in [-0.25, -0.2) is 0 Å². The summed E-state index contributed by atoms with van der Waals surface area (Å²) < 4.78 is 0. The highest BCUT2D eigenvalue weighted by atomic mass is 16.3. The molecule has 0 radical (unpaired) electrons. The van der Waals surface area contributed by atoms with E-state index < -0.39 is 0 Å². The van der Waals surface area contributed by atoms with E-state index in [2.05, 4.69) is 37.9 Å². The first-order valence-corrected chi connectivity index (χ1v) is 7.95. The molecule has 1 aliphatic carbocycles. The molecule has 4 heteroatoms. The molecule has 20 heavy (non-hydrogen) atoms. The molecule has 2 rings (SSSR count). The van der Waals surface area contributed by atoms with Crippen LogP contribution in [-0.4, -0.2) is 48.2 Å². The Morgan fingerprint density at radius 2 is 1.75 bits per heavy atom. The Kier molecular flexibility index (Phi) is 4.45. The number of aliphatic hydroxyl groups excluding tert-OH is 1. The summed E-state index contributed by atoms with van der Waals surface area (Å²) in [5, 5.41) is 12.5. The molecule has 0 aromatic heterocycles. The summed E-state index contributed by atoms with van der Waals surface area (Å²) in [7, 11) is 0. The fraction of sp³-hybridized carbons (Fsp3) is 0.938. The van der Waals surface area contributed by atoms with Gasteiger partial charge in [-0.15, -0.1) is 0 Å². The smallest absolute Gasteiger partial charge is 0.224 e. The standard InChI is InChI=1S/C16H30N2O2/c1-15(2)13(16(15,3)4)14(20)17-8-5-9-18-10-6-12(19)7-11-18/h12-13,19H,5-11H2,1-4H3,(H,17,20). The lowest BCUT2D eigenvalue weighted by atomic mass is 10.0. The number of nitrogens with zero attached hydrogens (tertiary/aromatic N) is 1. The van der Waals surface area contributed by atoms with E-state index in [1.54, 1.807) is 0 Å². The van der Waals surface area contributed by atoms with Gasteiger partial charge >= 0.3 is 0 Å². The lowest BCUT2D eigenvalue weighted by Gasteiger charge is -2.29. The van der Waals surface area contributed by atoms with E-state index >= 15 is 0 Å². The molecule has 1 aliphatic heterocycles. The zero-order valence-corrected chi connectivity index (χ0v) is 13.4. The second kappa shape index (κ2) is 5.64. The number of carbonyl (C=O) groups is 1. The summed E-state index contributed by atoms with van der Waals surface area (Å²) in [6.07, 6.45) is 2.66. The molecular weight excluding hydrogens is 252 g/mol. The van der Waals surface area contributed by atoms with Crippen molar-refractivity contribution in [1.29, 1.82) is 0 Å². The highest BCUT2D eigenvalue weighted by Gasteiger charge is 2.68. The van der Waals surface area contributed by atoms with Gasteiger partial charge in [-0.1, -0.05) is 27.7 Å². The molecule has 116 valence electrons. The van der Waals surface area contributed by atoms with Crippen LogP contribution in [0.5, 0.6) is 0 Å². The molecule has 4 nitrogen and oxygen atoms in total. The number of piperidine rings is 1. The summed E-state index contributed by atoms with van der Waals surface area (Å²) in [6.45, 7) is 12.5. The Morgan fingerprint density at radius 1 is 1.20 bits per heavy atom. The second-order valence-corrected chi connectivity index (χ2v) is 7.59. The molecule has 1 saturated carbocycles. The maximum atomic E-state index is 12.2. The van der Waals surface area contributed by atoms with Crippen LogP contribution in [-0.2, 0) is 4.79 Å². The van der Waals surface area contributed by atoms with E-state index in [4.69, 9.17) is 0 Å². The van der Waals surface area contributed by atoms with Crippen molar-refractivity contribution in [1.82, 2.24) is 10.2 Å². The van der Waals surface area contributed by atoms with Crippen LogP contribution < -0.4 is 5.32 Å². The molecule has 2 N–H and O–H groups in total. The van der Waals surface area contributed by atoms with Crippen LogP contribution in [0.2, 0.25) is 0 Å². The van der Waals surface area contributed by atoms with Crippen molar-refractivity contribution in [3.8, 4) is 0 Å². The number of hydrogen-bond donors (Lipinski definition) is 2. The van der Waals surface area contributed by atoms with Crippen molar-refractivity contribution in [3.63, 3.8) is 0 Å². The Bertz CT molecular complexity index is 343. The van der Waals surface area contributed by atoms with E-state index in [9.17, 15) is 9.90 Å². The second-order valence-electron chi connectivity index (χ2n) is 7.59. The Balaban J connectivity index is 1.61. The molecule has 0 bridgehead atoms. The number of rotatable bonds is 5. The van der Waals surface area contributed by atoms with Gasteiger partial charge in [-0.05, 0) is 36.6 Å². The van der Waals surface area contributed by atoms with Crippen LogP contribution in [0.3, 0.4) is 0 Å². The van der Waals surface area contributed by atoms with Gasteiger partial charge in [-0.3, -0.25) is 4.79 Å². The maximum absolute atomic E-state index is 12.2. The Morgan fingerprint density at radius 3 is 2.25 bits per heavy atom. The van der Waals surface area contributed by atoms with Crippen LogP contribution in [0.25, 0.3) is 0 Å². The number of amides is 1. The minimum Gasteiger partial charge on any atom is -0.393 e. The molecule has 0 spiro atoms. The van der Waals surface area contributed by atoms with Crippen molar-refractivity contribution in [2.24, 2.45) is 16.7 Å². The van der Waals surface area contributed by atoms with Gasteiger partial charge in [0.05, 0.1) is 6.10 Å². The van der Waals surface area contributed by atoms with Crippen LogP contribution in [0, 0.1) is 16.7 Å². The van der Waals surface area contributed by atoms with Crippen molar-refractivity contribution in [2.75, 3.05) is 26.2 Å². The number of aliphatic hydroxyl groups is 1. The van der Waals surface area contributed by atoms with E-state index in [1.165, 1.54) is 0 Å². The molecular formula is C16H30N2O2. The summed E-state index contributed by atoms with van der Waals surface area (Å²) in [6, 6.07) is 0. The molecule has 0 atom stereocenters. The zero-order chi connectivity index (χ0) is 15.0. The van der Waals surface area contributed by atoms with Gasteiger partial charge in [-0.2, -0.15) is 0 Å². The normalized spacial score (nSPS) is 26.4. The fourth-order valence-electron chi connectivity index (χ4n) is 3.61. The van der Waals surface area contributed by atoms with Crippen molar-refractivity contribution in [3.05, 3.63) is 0 Å². The largest absolute Gasteiger partial charge is 0.393 e. The van der Waals surface area contributed by atoms with Crippen LogP contribution in [0.15, 0.2) is 0 Å². The highest BCUT2D eigenvalue weighted by molar-refractivity contribution is 5.84. The quantitative estimate of drug-likeness (QED) is 0.754. The fourth-order valence-corrected chi connectivity index (χ4v) is 3.61. The molecule has 1 heterocycles. The molecule has 1 amide bonds. The van der Waals surface area contributed by atoms with E-state index in [1.807, 2.05) is 0 Å². The van der Waals surface area contributed by atoms with Crippen LogP contribution in [0.1, 0.15) is 47.0 Å². The Hall–Kier alpha value is -0.610. The SMILES string of the molecule is CC1(C)C(C(=O)NCCCN2CCC(O)CC2)C1(C)C. The molecule has 0 aromatic rings. The first kappa shape index (κ1) is 15.8. The first-order valence-electron chi connectivity index (χ1n) is 7.95. The monoisotopic (exact) mass is 282 g/mol. The van der Waals surface area contributed by atoms with E-state index in [-0.39, 0.29) is 28.8 Å². The van der Waals surface area contributed by atoms with Gasteiger partial charge in [0, 0.05) is 25.6 Å². The van der Waals surface area contributed by atoms with Crippen molar-refractivity contribution < 1.29 is 9.90 Å². The van der Waals surface area contributed by atoms with Gasteiger partial charge in [0.15, 0.2) is 0 Å². The predicted octanol–water partition coefficient (Wildman–Crippen LogP) is 1.63. The average Bonchev–Trinajstić information content (AvgIpc) is 2.77. The van der Waals surface area contributed by atoms with E-state index in [0.29, 0.717) is 0 Å². The van der Waals surface area contributed by atoms with Crippen molar-refractivity contribution >= 4 is 5.91 Å². The van der Waals surface area contributed by atoms with Gasteiger partial charge in [0.25, 0.3) is 0 Å². The highest BCUT2D eigenvalue weighted by Crippen LogP contribution is 2.68. The molecule has 2 fully saturated rings. The van der Waals surface area contributed by atoms with Crippen molar-refractivity contribution in [2.45, 2.75) is 53.1 Å². The average molecular weight is 282 g/mol. The van der Waals surface area contributed by atoms with Gasteiger partial charge < -0.3 is 15.3 Å².